The quantitative estimate of drug-likeness (QED) is 0.129. The molecule has 0 saturated carbocycles. The second-order valence-electron chi connectivity index (χ2n) is 16.9. The Hall–Kier alpha value is -8.52. The van der Waals surface area contributed by atoms with Crippen molar-refractivity contribution in [2.75, 3.05) is 0 Å². The molecule has 5 heterocycles. The lowest BCUT2D eigenvalue weighted by molar-refractivity contribution is 0.656. The van der Waals surface area contributed by atoms with E-state index in [2.05, 4.69) is 235 Å². The van der Waals surface area contributed by atoms with Crippen LogP contribution in [0.2, 0.25) is 0 Å². The number of fused-ring (bicyclic) bond motifs is 14. The van der Waals surface area contributed by atoms with Crippen LogP contribution >= 0.6 is 11.3 Å². The first-order chi connectivity index (χ1) is 32.3. The molecule has 0 fully saturated rings. The van der Waals surface area contributed by atoms with Gasteiger partial charge in [0, 0.05) is 44.0 Å². The Morgan fingerprint density at radius 2 is 0.862 bits per heavy atom. The second kappa shape index (κ2) is 13.0. The van der Waals surface area contributed by atoms with Crippen molar-refractivity contribution >= 4 is 120 Å². The minimum absolute atomic E-state index is 0.800. The zero-order valence-corrected chi connectivity index (χ0v) is 35.6. The van der Waals surface area contributed by atoms with Gasteiger partial charge in [0.15, 0.2) is 11.2 Å². The summed E-state index contributed by atoms with van der Waals surface area (Å²) < 4.78 is 21.0. The summed E-state index contributed by atoms with van der Waals surface area (Å²) in [5.74, 6) is 0. The highest BCUT2D eigenvalue weighted by molar-refractivity contribution is 7.25. The number of rotatable bonds is 3. The molecule has 10 aromatic carbocycles. The molecule has 0 atom stereocenters. The number of benzene rings is 10. The molecule has 0 spiro atoms. The van der Waals surface area contributed by atoms with Crippen LogP contribution in [0.1, 0.15) is 0 Å². The van der Waals surface area contributed by atoms with Gasteiger partial charge in [-0.2, -0.15) is 0 Å². The van der Waals surface area contributed by atoms with E-state index in [1.54, 1.807) is 0 Å². The van der Waals surface area contributed by atoms with Crippen LogP contribution in [0, 0.1) is 0 Å². The van der Waals surface area contributed by atoms with Crippen LogP contribution in [-0.2, 0) is 0 Å². The summed E-state index contributed by atoms with van der Waals surface area (Å²) in [4.78, 5) is 1.17. The van der Waals surface area contributed by atoms with Crippen LogP contribution in [0.4, 0.5) is 0 Å². The second-order valence-corrected chi connectivity index (χ2v) is 18.0. The molecule has 7 heteroatoms. The maximum Gasteiger partial charge on any atom is 0.154 e. The highest BCUT2D eigenvalue weighted by atomic mass is 32.1. The van der Waals surface area contributed by atoms with Gasteiger partial charge in [-0.1, -0.05) is 133 Å². The average Bonchev–Trinajstić information content (AvgIpc) is 3.75. The summed E-state index contributed by atoms with van der Waals surface area (Å²) in [5.41, 5.74) is 16.9. The van der Waals surface area contributed by atoms with Gasteiger partial charge in [0.2, 0.25) is 0 Å². The molecular formula is C58H35N5OS. The Morgan fingerprint density at radius 1 is 0.308 bits per heavy atom. The summed E-state index contributed by atoms with van der Waals surface area (Å²) in [6.07, 6.45) is 0. The van der Waals surface area contributed by atoms with Crippen LogP contribution in [0.15, 0.2) is 217 Å². The molecule has 15 aromatic rings. The van der Waals surface area contributed by atoms with Crippen LogP contribution in [-0.4, -0.2) is 22.5 Å². The monoisotopic (exact) mass is 849 g/mol. The van der Waals surface area contributed by atoms with E-state index in [4.69, 9.17) is 4.42 Å². The predicted molar refractivity (Wildman–Crippen MR) is 272 cm³/mol. The van der Waals surface area contributed by atoms with E-state index in [1.165, 1.54) is 31.1 Å². The largest absolute Gasteiger partial charge is 0.453 e. The number of thiophene rings is 1. The van der Waals surface area contributed by atoms with Crippen LogP contribution in [0.5, 0.6) is 0 Å². The summed E-state index contributed by atoms with van der Waals surface area (Å²) >= 11 is 1.84. The smallest absolute Gasteiger partial charge is 0.154 e. The van der Waals surface area contributed by atoms with Crippen LogP contribution in [0.25, 0.3) is 125 Å². The van der Waals surface area contributed by atoms with E-state index in [9.17, 15) is 0 Å². The Balaban J connectivity index is 1.26. The van der Waals surface area contributed by atoms with E-state index >= 15 is 0 Å². The zero-order chi connectivity index (χ0) is 42.3. The lowest BCUT2D eigenvalue weighted by Gasteiger charge is -2.26. The van der Waals surface area contributed by atoms with Crippen molar-refractivity contribution in [3.63, 3.8) is 0 Å². The molecule has 0 N–H and O–H groups in total. The standard InChI is InChI=1S/C58H35N5OS/c1-4-20-38(21-5-1)59-47-35-50-48(34-46(47)62-45-30-16-15-29-44(45)60(39-22-6-2-7-23-39)53-41-26-12-10-18-36(41)32-49(59)56(53)62)63-55-43-28-14-17-31-52(43)65-58(55)61(40-24-8-3-9-25-40)54-42-27-13-11-19-37(42)33-51(64-50)57(54)63/h1-35H. The van der Waals surface area contributed by atoms with Gasteiger partial charge in [-0.15, -0.1) is 11.3 Å². The predicted octanol–water partition coefficient (Wildman–Crippen LogP) is 15.7. The van der Waals surface area contributed by atoms with Crippen molar-refractivity contribution in [2.45, 2.75) is 0 Å². The highest BCUT2D eigenvalue weighted by Crippen LogP contribution is 2.45. The van der Waals surface area contributed by atoms with Gasteiger partial charge in [0.1, 0.15) is 10.3 Å². The molecule has 304 valence electrons. The number of para-hydroxylation sites is 5. The Morgan fingerprint density at radius 3 is 1.57 bits per heavy atom. The fourth-order valence-corrected chi connectivity index (χ4v) is 12.1. The van der Waals surface area contributed by atoms with Crippen molar-refractivity contribution in [3.8, 4) is 17.1 Å². The average molecular weight is 850 g/mol. The SMILES string of the molecule is c1ccc(-n2c3cc4oc5cc6ccccc6c6c5n(c4cc3n3c4ccccc4n(-c4ccccc4)c4c5ccccc5cc2c43)c2c3ccccc3sc2n6-c2ccccc2)cc1. The van der Waals surface area contributed by atoms with Gasteiger partial charge in [-0.25, -0.2) is 0 Å². The molecular weight excluding hydrogens is 815 g/mol. The number of nitrogens with zero attached hydrogens (tertiary/aromatic N) is 5. The van der Waals surface area contributed by atoms with Gasteiger partial charge in [-0.05, 0) is 83.6 Å². The Labute approximate surface area is 374 Å². The molecule has 0 amide bonds. The molecule has 0 radical (unpaired) electrons. The van der Waals surface area contributed by atoms with Crippen LogP contribution < -0.4 is 0 Å². The molecule has 0 saturated heterocycles. The van der Waals surface area contributed by atoms with E-state index in [0.717, 1.165) is 94.3 Å². The molecule has 0 unspecified atom stereocenters. The van der Waals surface area contributed by atoms with Crippen molar-refractivity contribution in [1.82, 2.24) is 22.5 Å². The van der Waals surface area contributed by atoms with Crippen molar-refractivity contribution in [3.05, 3.63) is 212 Å². The normalized spacial score (nSPS) is 12.3. The summed E-state index contributed by atoms with van der Waals surface area (Å²) in [6, 6.07) is 76.9. The van der Waals surface area contributed by atoms with Crippen molar-refractivity contribution in [2.24, 2.45) is 0 Å². The first-order valence-corrected chi connectivity index (χ1v) is 22.8. The van der Waals surface area contributed by atoms with Crippen LogP contribution in [0.3, 0.4) is 0 Å². The number of hydrogen-bond acceptors (Lipinski definition) is 2. The molecule has 15 rings (SSSR count). The third-order valence-corrected chi connectivity index (χ3v) is 14.6. The summed E-state index contributed by atoms with van der Waals surface area (Å²) in [7, 11) is 0. The van der Waals surface area contributed by atoms with E-state index < -0.39 is 0 Å². The first kappa shape index (κ1) is 35.0. The molecule has 0 aliphatic carbocycles. The lowest BCUT2D eigenvalue weighted by atomic mass is 10.0. The van der Waals surface area contributed by atoms with Crippen molar-refractivity contribution in [1.29, 1.82) is 0 Å². The van der Waals surface area contributed by atoms with E-state index in [0.29, 0.717) is 0 Å². The molecule has 5 aromatic heterocycles. The Bertz CT molecular complexity index is 4520. The molecule has 6 nitrogen and oxygen atoms in total. The molecule has 0 aliphatic heterocycles. The lowest BCUT2D eigenvalue weighted by Crippen LogP contribution is -2.12. The van der Waals surface area contributed by atoms with Gasteiger partial charge in [-0.3, -0.25) is 8.97 Å². The minimum atomic E-state index is 0.800. The Kier molecular flexibility index (Phi) is 7.01. The zero-order valence-electron chi connectivity index (χ0n) is 34.8. The first-order valence-electron chi connectivity index (χ1n) is 22.0. The third kappa shape index (κ3) is 4.71. The number of aromatic nitrogens is 5. The van der Waals surface area contributed by atoms with E-state index in [1.807, 2.05) is 11.3 Å². The van der Waals surface area contributed by atoms with Gasteiger partial charge >= 0.3 is 0 Å². The third-order valence-electron chi connectivity index (χ3n) is 13.5. The fourth-order valence-electron chi connectivity index (χ4n) is 10.8. The van der Waals surface area contributed by atoms with Gasteiger partial charge in [0.05, 0.1) is 55.2 Å². The maximum absolute atomic E-state index is 7.36. The molecule has 65 heavy (non-hydrogen) atoms. The fraction of sp³-hybridized carbons (Fsp3) is 0. The summed E-state index contributed by atoms with van der Waals surface area (Å²) in [6.45, 7) is 0. The molecule has 0 aliphatic rings. The van der Waals surface area contributed by atoms with Gasteiger partial charge < -0.3 is 18.0 Å². The summed E-state index contributed by atoms with van der Waals surface area (Å²) in [5, 5.41) is 5.85. The highest BCUT2D eigenvalue weighted by Gasteiger charge is 2.26. The maximum atomic E-state index is 7.36. The van der Waals surface area contributed by atoms with E-state index in [-0.39, 0.29) is 0 Å². The van der Waals surface area contributed by atoms with Crippen molar-refractivity contribution < 1.29 is 4.42 Å². The minimum Gasteiger partial charge on any atom is -0.453 e. The molecule has 0 bridgehead atoms. The topological polar surface area (TPSA) is 36.8 Å². The number of hydrogen-bond donors (Lipinski definition) is 0. The van der Waals surface area contributed by atoms with Gasteiger partial charge in [0.25, 0.3) is 0 Å².